The summed E-state index contributed by atoms with van der Waals surface area (Å²) in [6.07, 6.45) is 3.19. The van der Waals surface area contributed by atoms with Crippen LogP contribution in [0.5, 0.6) is 0 Å². The monoisotopic (exact) mass is 167 g/mol. The zero-order valence-corrected chi connectivity index (χ0v) is 7.32. The Labute approximate surface area is 71.0 Å². The quantitative estimate of drug-likeness (QED) is 0.697. The molecule has 4 heteroatoms. The summed E-state index contributed by atoms with van der Waals surface area (Å²) in [5, 5.41) is 0. The van der Waals surface area contributed by atoms with E-state index < -0.39 is 0 Å². The van der Waals surface area contributed by atoms with E-state index >= 15 is 0 Å². The van der Waals surface area contributed by atoms with Crippen LogP contribution < -0.4 is 11.3 Å². The van der Waals surface area contributed by atoms with Gasteiger partial charge >= 0.3 is 0 Å². The van der Waals surface area contributed by atoms with Crippen LogP contribution in [0.15, 0.2) is 17.2 Å². The van der Waals surface area contributed by atoms with E-state index in [0.29, 0.717) is 12.5 Å². The van der Waals surface area contributed by atoms with E-state index in [1.165, 1.54) is 0 Å². The Balaban J connectivity index is 3.01. The standard InChI is InChI=1S/C8H13N3O/c1-6(2)5-11-4-3-10-7(9)8(11)12/h3-4,6H,5H2,1-2H3,(H2,9,10). The van der Waals surface area contributed by atoms with Crippen molar-refractivity contribution >= 4 is 5.82 Å². The summed E-state index contributed by atoms with van der Waals surface area (Å²) in [6.45, 7) is 4.78. The maximum Gasteiger partial charge on any atom is 0.293 e. The van der Waals surface area contributed by atoms with Crippen molar-refractivity contribution in [2.75, 3.05) is 5.73 Å². The molecule has 1 heterocycles. The molecule has 66 valence electrons. The van der Waals surface area contributed by atoms with Crippen molar-refractivity contribution in [3.63, 3.8) is 0 Å². The SMILES string of the molecule is CC(C)Cn1ccnc(N)c1=O. The van der Waals surface area contributed by atoms with Gasteiger partial charge in [0.1, 0.15) is 0 Å². The van der Waals surface area contributed by atoms with Crippen LogP contribution in [0.1, 0.15) is 13.8 Å². The van der Waals surface area contributed by atoms with Gasteiger partial charge in [-0.25, -0.2) is 4.98 Å². The summed E-state index contributed by atoms with van der Waals surface area (Å²) in [5.74, 6) is 0.502. The predicted octanol–water partition coefficient (Wildman–Crippen LogP) is 0.482. The van der Waals surface area contributed by atoms with Gasteiger partial charge in [-0.1, -0.05) is 13.8 Å². The zero-order chi connectivity index (χ0) is 9.14. The topological polar surface area (TPSA) is 60.9 Å². The van der Waals surface area contributed by atoms with Gasteiger partial charge in [0, 0.05) is 18.9 Å². The lowest BCUT2D eigenvalue weighted by atomic mass is 10.2. The molecule has 0 aliphatic rings. The van der Waals surface area contributed by atoms with Gasteiger partial charge in [0.05, 0.1) is 0 Å². The highest BCUT2D eigenvalue weighted by Crippen LogP contribution is 1.95. The minimum Gasteiger partial charge on any atom is -0.379 e. The second-order valence-electron chi connectivity index (χ2n) is 3.16. The van der Waals surface area contributed by atoms with Gasteiger partial charge in [-0.2, -0.15) is 0 Å². The summed E-state index contributed by atoms with van der Waals surface area (Å²) in [4.78, 5) is 15.0. The van der Waals surface area contributed by atoms with Crippen LogP contribution in [0.2, 0.25) is 0 Å². The van der Waals surface area contributed by atoms with Gasteiger partial charge in [0.25, 0.3) is 5.56 Å². The van der Waals surface area contributed by atoms with Gasteiger partial charge in [0.15, 0.2) is 5.82 Å². The van der Waals surface area contributed by atoms with Crippen molar-refractivity contribution in [1.29, 1.82) is 0 Å². The first-order valence-electron chi connectivity index (χ1n) is 3.92. The van der Waals surface area contributed by atoms with E-state index in [1.807, 2.05) is 13.8 Å². The van der Waals surface area contributed by atoms with Gasteiger partial charge in [-0.15, -0.1) is 0 Å². The molecular formula is C8H13N3O. The molecule has 1 aromatic rings. The molecule has 0 radical (unpaired) electrons. The first kappa shape index (κ1) is 8.77. The fourth-order valence-corrected chi connectivity index (χ4v) is 1.00. The van der Waals surface area contributed by atoms with Crippen molar-refractivity contribution < 1.29 is 0 Å². The number of nitrogens with two attached hydrogens (primary N) is 1. The summed E-state index contributed by atoms with van der Waals surface area (Å²) in [5.41, 5.74) is 5.15. The van der Waals surface area contributed by atoms with Crippen LogP contribution >= 0.6 is 0 Å². The van der Waals surface area contributed by atoms with Crippen molar-refractivity contribution in [2.45, 2.75) is 20.4 Å². The normalized spacial score (nSPS) is 10.6. The van der Waals surface area contributed by atoms with Crippen molar-refractivity contribution in [3.05, 3.63) is 22.7 Å². The first-order valence-corrected chi connectivity index (χ1v) is 3.92. The van der Waals surface area contributed by atoms with Crippen LogP contribution in [-0.2, 0) is 6.54 Å². The third-order valence-electron chi connectivity index (χ3n) is 1.50. The fourth-order valence-electron chi connectivity index (χ4n) is 1.00. The number of anilines is 1. The Morgan fingerprint density at radius 1 is 1.67 bits per heavy atom. The maximum atomic E-state index is 11.3. The van der Waals surface area contributed by atoms with E-state index in [-0.39, 0.29) is 11.4 Å². The van der Waals surface area contributed by atoms with E-state index in [9.17, 15) is 4.79 Å². The molecule has 0 aliphatic heterocycles. The molecule has 1 rings (SSSR count). The molecule has 0 saturated carbocycles. The lowest BCUT2D eigenvalue weighted by molar-refractivity contribution is 0.510. The maximum absolute atomic E-state index is 11.3. The Kier molecular flexibility index (Phi) is 2.47. The van der Waals surface area contributed by atoms with Crippen LogP contribution in [-0.4, -0.2) is 9.55 Å². The van der Waals surface area contributed by atoms with Gasteiger partial charge in [0.2, 0.25) is 0 Å². The predicted molar refractivity (Wildman–Crippen MR) is 47.7 cm³/mol. The van der Waals surface area contributed by atoms with Crippen LogP contribution in [0.4, 0.5) is 5.82 Å². The summed E-state index contributed by atoms with van der Waals surface area (Å²) in [6, 6.07) is 0. The van der Waals surface area contributed by atoms with Crippen molar-refractivity contribution in [3.8, 4) is 0 Å². The number of hydrogen-bond donors (Lipinski definition) is 1. The van der Waals surface area contributed by atoms with E-state index in [0.717, 1.165) is 0 Å². The Hall–Kier alpha value is -1.32. The van der Waals surface area contributed by atoms with Crippen LogP contribution in [0.25, 0.3) is 0 Å². The molecule has 0 unspecified atom stereocenters. The molecule has 0 saturated heterocycles. The van der Waals surface area contributed by atoms with E-state index in [2.05, 4.69) is 4.98 Å². The lowest BCUT2D eigenvalue weighted by Gasteiger charge is -2.07. The molecule has 0 atom stereocenters. The molecule has 0 aliphatic carbocycles. The molecule has 0 amide bonds. The second kappa shape index (κ2) is 3.38. The Bertz CT molecular complexity index is 316. The lowest BCUT2D eigenvalue weighted by Crippen LogP contribution is -2.25. The average molecular weight is 167 g/mol. The largest absolute Gasteiger partial charge is 0.379 e. The summed E-state index contributed by atoms with van der Waals surface area (Å²) < 4.78 is 1.58. The average Bonchev–Trinajstić information content (AvgIpc) is 1.98. The van der Waals surface area contributed by atoms with Crippen molar-refractivity contribution in [1.82, 2.24) is 9.55 Å². The summed E-state index contributed by atoms with van der Waals surface area (Å²) >= 11 is 0. The molecule has 12 heavy (non-hydrogen) atoms. The minimum absolute atomic E-state index is 0.0677. The Morgan fingerprint density at radius 2 is 2.33 bits per heavy atom. The van der Waals surface area contributed by atoms with Gasteiger partial charge in [-0.05, 0) is 5.92 Å². The summed E-state index contributed by atoms with van der Waals surface area (Å²) in [7, 11) is 0. The molecule has 1 aromatic heterocycles. The van der Waals surface area contributed by atoms with E-state index in [1.54, 1.807) is 17.0 Å². The van der Waals surface area contributed by atoms with E-state index in [4.69, 9.17) is 5.73 Å². The van der Waals surface area contributed by atoms with Crippen LogP contribution in [0, 0.1) is 5.92 Å². The van der Waals surface area contributed by atoms with Crippen molar-refractivity contribution in [2.24, 2.45) is 5.92 Å². The molecule has 2 N–H and O–H groups in total. The fraction of sp³-hybridized carbons (Fsp3) is 0.500. The zero-order valence-electron chi connectivity index (χ0n) is 7.32. The number of aromatic nitrogens is 2. The highest BCUT2D eigenvalue weighted by atomic mass is 16.1. The highest BCUT2D eigenvalue weighted by molar-refractivity contribution is 5.22. The molecule has 0 aromatic carbocycles. The second-order valence-corrected chi connectivity index (χ2v) is 3.16. The van der Waals surface area contributed by atoms with Crippen LogP contribution in [0.3, 0.4) is 0 Å². The highest BCUT2D eigenvalue weighted by Gasteiger charge is 2.01. The number of nitrogen functional groups attached to an aromatic ring is 1. The number of nitrogens with zero attached hydrogens (tertiary/aromatic N) is 2. The smallest absolute Gasteiger partial charge is 0.293 e. The third-order valence-corrected chi connectivity index (χ3v) is 1.50. The van der Waals surface area contributed by atoms with Gasteiger partial charge < -0.3 is 10.3 Å². The molecule has 4 nitrogen and oxygen atoms in total. The first-order chi connectivity index (χ1) is 5.61. The molecule has 0 spiro atoms. The molecular weight excluding hydrogens is 154 g/mol. The Morgan fingerprint density at radius 3 is 2.92 bits per heavy atom. The molecule has 0 bridgehead atoms. The molecule has 0 fully saturated rings. The minimum atomic E-state index is -0.203. The third kappa shape index (κ3) is 1.84. The van der Waals surface area contributed by atoms with Gasteiger partial charge in [-0.3, -0.25) is 4.79 Å². The number of hydrogen-bond acceptors (Lipinski definition) is 3. The number of rotatable bonds is 2.